The highest BCUT2D eigenvalue weighted by Gasteiger charge is 2.61. The first-order chi connectivity index (χ1) is 33.0. The zero-order chi connectivity index (χ0) is 49.5. The molecule has 2 unspecified atom stereocenters. The molecule has 0 amide bonds. The second-order valence-electron chi connectivity index (χ2n) is 25.7. The lowest BCUT2D eigenvalue weighted by Gasteiger charge is -2.52. The summed E-state index contributed by atoms with van der Waals surface area (Å²) in [6.45, 7) is 32.8. The molecule has 3 nitrogen and oxygen atoms in total. The van der Waals surface area contributed by atoms with E-state index in [0.717, 1.165) is 12.8 Å². The first kappa shape index (κ1) is 46.4. The third-order valence-electron chi connectivity index (χ3n) is 17.0. The van der Waals surface area contributed by atoms with Gasteiger partial charge in [0.15, 0.2) is 0 Å². The van der Waals surface area contributed by atoms with Gasteiger partial charge in [0, 0.05) is 50.9 Å². The number of nitrogens with zero attached hydrogens (tertiary/aromatic N) is 3. The van der Waals surface area contributed by atoms with Crippen LogP contribution in [0.2, 0.25) is 0 Å². The SMILES string of the molecule is Cc1cc2c3c(c1)N(c1ccc(C(C)(C)C)cc1)c1cc(N4c5ccccc5C5(c6ccc(C(C)(C)C)cc6)CCCCC45C)ccc1B3c1cc(C(C)(C)C)ccc1N2c1ccc(C(C)(C)C)cc1. The summed E-state index contributed by atoms with van der Waals surface area (Å²) in [5.74, 6) is 0. The minimum Gasteiger partial charge on any atom is -0.334 e. The van der Waals surface area contributed by atoms with Crippen molar-refractivity contribution in [3.05, 3.63) is 185 Å². The quantitative estimate of drug-likeness (QED) is 0.163. The van der Waals surface area contributed by atoms with Gasteiger partial charge >= 0.3 is 0 Å². The maximum absolute atomic E-state index is 2.78. The fourth-order valence-electron chi connectivity index (χ4n) is 13.2. The molecule has 7 aromatic rings. The molecule has 0 N–H and O–H groups in total. The van der Waals surface area contributed by atoms with Crippen LogP contribution in [0.5, 0.6) is 0 Å². The summed E-state index contributed by atoms with van der Waals surface area (Å²) in [4.78, 5) is 7.97. The number of hydrogen-bond acceptors (Lipinski definition) is 3. The van der Waals surface area contributed by atoms with Gasteiger partial charge in [0.1, 0.15) is 0 Å². The lowest BCUT2D eigenvalue weighted by atomic mass is 9.33. The maximum atomic E-state index is 2.78. The normalized spacial score (nSPS) is 19.6. The molecule has 7 aromatic carbocycles. The van der Waals surface area contributed by atoms with E-state index in [1.54, 1.807) is 0 Å². The van der Waals surface area contributed by atoms with Crippen molar-refractivity contribution in [3.63, 3.8) is 0 Å². The lowest BCUT2D eigenvalue weighted by Crippen LogP contribution is -2.61. The number of aryl methyl sites for hydroxylation is 1. The van der Waals surface area contributed by atoms with Gasteiger partial charge in [-0.15, -0.1) is 0 Å². The van der Waals surface area contributed by atoms with Crippen molar-refractivity contribution in [2.24, 2.45) is 0 Å². The third kappa shape index (κ3) is 7.04. The second kappa shape index (κ2) is 15.8. The minimum absolute atomic E-state index is 0.0229. The van der Waals surface area contributed by atoms with Crippen LogP contribution in [0, 0.1) is 6.92 Å². The van der Waals surface area contributed by atoms with Crippen molar-refractivity contribution in [3.8, 4) is 0 Å². The molecule has 0 saturated heterocycles. The van der Waals surface area contributed by atoms with E-state index in [-0.39, 0.29) is 39.3 Å². The molecule has 70 heavy (non-hydrogen) atoms. The van der Waals surface area contributed by atoms with Gasteiger partial charge in [-0.3, -0.25) is 0 Å². The highest BCUT2D eigenvalue weighted by Crippen LogP contribution is 2.64. The standard InChI is InChI=1S/C66H74BN3/c1-43-39-58-60-59(40-43)69(50-32-27-46(28-33-50)63(8,9)10)57-42-51(70-55-20-16-15-19-52(55)66(38-18-17-37-65(66,70)14)47-23-21-44(22-24-47)61(2,3)4)34-35-53(57)67(60)54-41-48(64(11,12)13)29-36-56(54)68(58)49-30-25-45(26-31-49)62(5,6)7/h15-16,19-36,39-42H,17-18,37-38H2,1-14H3. The Morgan fingerprint density at radius 1 is 0.429 bits per heavy atom. The summed E-state index contributed by atoms with van der Waals surface area (Å²) in [5, 5.41) is 0. The van der Waals surface area contributed by atoms with Gasteiger partial charge in [-0.25, -0.2) is 0 Å². The molecule has 356 valence electrons. The monoisotopic (exact) mass is 920 g/mol. The van der Waals surface area contributed by atoms with E-state index < -0.39 is 0 Å². The summed E-state index contributed by atoms with van der Waals surface area (Å²) in [6.07, 6.45) is 4.67. The Kier molecular flexibility index (Phi) is 10.4. The Hall–Kier alpha value is -6.00. The number of rotatable bonds is 4. The van der Waals surface area contributed by atoms with Crippen molar-refractivity contribution < 1.29 is 0 Å². The van der Waals surface area contributed by atoms with E-state index in [1.165, 1.54) is 114 Å². The van der Waals surface area contributed by atoms with Crippen LogP contribution in [-0.4, -0.2) is 12.3 Å². The third-order valence-corrected chi connectivity index (χ3v) is 17.0. The average molecular weight is 920 g/mol. The van der Waals surface area contributed by atoms with Crippen LogP contribution >= 0.6 is 0 Å². The topological polar surface area (TPSA) is 9.72 Å². The summed E-state index contributed by atoms with van der Waals surface area (Å²) in [6, 6.07) is 57.9. The molecule has 0 spiro atoms. The first-order valence-electron chi connectivity index (χ1n) is 26.3. The molecule has 0 aromatic heterocycles. The van der Waals surface area contributed by atoms with Gasteiger partial charge in [0.05, 0.1) is 5.54 Å². The molecule has 0 bridgehead atoms. The molecule has 1 fully saturated rings. The fourth-order valence-corrected chi connectivity index (χ4v) is 13.2. The molecule has 1 saturated carbocycles. The van der Waals surface area contributed by atoms with Gasteiger partial charge in [-0.1, -0.05) is 181 Å². The summed E-state index contributed by atoms with van der Waals surface area (Å²) in [5.41, 5.74) is 23.5. The summed E-state index contributed by atoms with van der Waals surface area (Å²) >= 11 is 0. The maximum Gasteiger partial charge on any atom is 0.252 e. The van der Waals surface area contributed by atoms with Crippen LogP contribution in [0.3, 0.4) is 0 Å². The van der Waals surface area contributed by atoms with Gasteiger partial charge in [-0.2, -0.15) is 0 Å². The smallest absolute Gasteiger partial charge is 0.252 e. The number of anilines is 8. The Morgan fingerprint density at radius 2 is 0.914 bits per heavy atom. The zero-order valence-electron chi connectivity index (χ0n) is 44.6. The first-order valence-corrected chi connectivity index (χ1v) is 26.3. The minimum atomic E-state index is -0.190. The molecule has 11 rings (SSSR count). The van der Waals surface area contributed by atoms with Crippen molar-refractivity contribution in [2.75, 3.05) is 14.7 Å². The molecular weight excluding hydrogens is 846 g/mol. The molecule has 4 heteroatoms. The van der Waals surface area contributed by atoms with Crippen molar-refractivity contribution >= 4 is 68.6 Å². The van der Waals surface area contributed by atoms with Crippen molar-refractivity contribution in [2.45, 2.75) is 155 Å². The Labute approximate surface area is 421 Å². The molecule has 3 heterocycles. The van der Waals surface area contributed by atoms with Gasteiger partial charge in [0.25, 0.3) is 6.71 Å². The van der Waals surface area contributed by atoms with Crippen LogP contribution in [0.1, 0.15) is 155 Å². The summed E-state index contributed by atoms with van der Waals surface area (Å²) < 4.78 is 0. The van der Waals surface area contributed by atoms with E-state index in [2.05, 4.69) is 257 Å². The fraction of sp³-hybridized carbons (Fsp3) is 0.364. The van der Waals surface area contributed by atoms with Crippen LogP contribution in [-0.2, 0) is 27.1 Å². The van der Waals surface area contributed by atoms with Crippen molar-refractivity contribution in [1.29, 1.82) is 0 Å². The Bertz CT molecular complexity index is 3170. The lowest BCUT2D eigenvalue weighted by molar-refractivity contribution is 0.215. The highest BCUT2D eigenvalue weighted by atomic mass is 15.3. The van der Waals surface area contributed by atoms with E-state index >= 15 is 0 Å². The zero-order valence-corrected chi connectivity index (χ0v) is 44.6. The Balaban J connectivity index is 1.17. The second-order valence-corrected chi connectivity index (χ2v) is 25.7. The summed E-state index contributed by atoms with van der Waals surface area (Å²) in [7, 11) is 0. The largest absolute Gasteiger partial charge is 0.334 e. The average Bonchev–Trinajstić information content (AvgIpc) is 3.55. The van der Waals surface area contributed by atoms with Crippen LogP contribution in [0.25, 0.3) is 0 Å². The van der Waals surface area contributed by atoms with Gasteiger partial charge < -0.3 is 14.7 Å². The Morgan fingerprint density at radius 3 is 1.47 bits per heavy atom. The van der Waals surface area contributed by atoms with E-state index in [4.69, 9.17) is 0 Å². The predicted molar refractivity (Wildman–Crippen MR) is 303 cm³/mol. The highest BCUT2D eigenvalue weighted by molar-refractivity contribution is 7.00. The molecule has 2 atom stereocenters. The molecule has 4 aliphatic rings. The van der Waals surface area contributed by atoms with Gasteiger partial charge in [0.2, 0.25) is 0 Å². The molecule has 0 radical (unpaired) electrons. The van der Waals surface area contributed by atoms with E-state index in [9.17, 15) is 0 Å². The van der Waals surface area contributed by atoms with Crippen LogP contribution in [0.15, 0.2) is 146 Å². The molecule has 3 aliphatic heterocycles. The van der Waals surface area contributed by atoms with Crippen molar-refractivity contribution in [1.82, 2.24) is 0 Å². The number of hydrogen-bond donors (Lipinski definition) is 0. The predicted octanol–water partition coefficient (Wildman–Crippen LogP) is 16.0. The van der Waals surface area contributed by atoms with Gasteiger partial charge in [-0.05, 0) is 164 Å². The van der Waals surface area contributed by atoms with Crippen LogP contribution < -0.4 is 31.1 Å². The number of benzene rings is 7. The molecule has 1 aliphatic carbocycles. The van der Waals surface area contributed by atoms with E-state index in [1.807, 2.05) is 0 Å². The number of para-hydroxylation sites is 1. The number of fused-ring (bicyclic) bond motifs is 7. The molecular formula is C66H74BN3. The van der Waals surface area contributed by atoms with E-state index in [0.29, 0.717) is 0 Å². The van der Waals surface area contributed by atoms with Crippen LogP contribution in [0.4, 0.5) is 45.5 Å².